The van der Waals surface area contributed by atoms with Gasteiger partial charge < -0.3 is 4.42 Å². The number of furan rings is 1. The summed E-state index contributed by atoms with van der Waals surface area (Å²) in [5, 5.41) is 6.89. The van der Waals surface area contributed by atoms with Gasteiger partial charge >= 0.3 is 0 Å². The van der Waals surface area contributed by atoms with E-state index in [4.69, 9.17) is 19.4 Å². The first-order valence-corrected chi connectivity index (χ1v) is 19.2. The SMILES string of the molecule is c1ccc(-c2cc(-c3cccc(-c4nc(-c5cccc(-c6cccc7c6oc6ccccc67)c5)nc(-c5ccc6ccccc6c5)n4)c3)c3ccccc3c2)cc1. The van der Waals surface area contributed by atoms with Gasteiger partial charge in [0.05, 0.1) is 0 Å². The summed E-state index contributed by atoms with van der Waals surface area (Å²) >= 11 is 0. The minimum atomic E-state index is 0.601. The summed E-state index contributed by atoms with van der Waals surface area (Å²) in [4.78, 5) is 15.5. The number of nitrogens with zero attached hydrogens (tertiary/aromatic N) is 3. The van der Waals surface area contributed by atoms with Crippen molar-refractivity contribution in [1.29, 1.82) is 0 Å². The zero-order chi connectivity index (χ0) is 37.7. The molecule has 4 nitrogen and oxygen atoms in total. The lowest BCUT2D eigenvalue weighted by Gasteiger charge is -2.13. The van der Waals surface area contributed by atoms with Crippen molar-refractivity contribution in [1.82, 2.24) is 15.0 Å². The van der Waals surface area contributed by atoms with E-state index in [-0.39, 0.29) is 0 Å². The molecule has 0 saturated carbocycles. The maximum Gasteiger partial charge on any atom is 0.164 e. The topological polar surface area (TPSA) is 51.8 Å². The number of para-hydroxylation sites is 2. The van der Waals surface area contributed by atoms with E-state index in [1.54, 1.807) is 0 Å². The van der Waals surface area contributed by atoms with Crippen molar-refractivity contribution in [3.05, 3.63) is 200 Å². The highest BCUT2D eigenvalue weighted by molar-refractivity contribution is 6.09. The van der Waals surface area contributed by atoms with Crippen molar-refractivity contribution in [3.8, 4) is 67.5 Å². The predicted octanol–water partition coefficient (Wildman–Crippen LogP) is 14.1. The quantitative estimate of drug-likeness (QED) is 0.171. The smallest absolute Gasteiger partial charge is 0.164 e. The van der Waals surface area contributed by atoms with Gasteiger partial charge in [-0.25, -0.2) is 15.0 Å². The Morgan fingerprint density at radius 2 is 0.807 bits per heavy atom. The molecule has 0 unspecified atom stereocenters. The van der Waals surface area contributed by atoms with Crippen LogP contribution < -0.4 is 0 Å². The van der Waals surface area contributed by atoms with E-state index in [0.717, 1.165) is 66.3 Å². The molecule has 0 aliphatic heterocycles. The van der Waals surface area contributed by atoms with Crippen molar-refractivity contribution in [2.75, 3.05) is 0 Å². The summed E-state index contributed by atoms with van der Waals surface area (Å²) in [6.07, 6.45) is 0. The van der Waals surface area contributed by atoms with Crippen LogP contribution in [0.4, 0.5) is 0 Å². The van der Waals surface area contributed by atoms with Crippen molar-refractivity contribution in [2.45, 2.75) is 0 Å². The molecule has 9 aromatic carbocycles. The summed E-state index contributed by atoms with van der Waals surface area (Å²) in [5.74, 6) is 1.83. The maximum atomic E-state index is 6.44. The molecule has 2 aromatic heterocycles. The van der Waals surface area contributed by atoms with Crippen LogP contribution in [-0.4, -0.2) is 15.0 Å². The lowest BCUT2D eigenvalue weighted by atomic mass is 9.92. The van der Waals surface area contributed by atoms with Crippen molar-refractivity contribution in [2.24, 2.45) is 0 Å². The Morgan fingerprint density at radius 1 is 0.281 bits per heavy atom. The summed E-state index contributed by atoms with van der Waals surface area (Å²) in [6.45, 7) is 0. The second-order valence-electron chi connectivity index (χ2n) is 14.4. The van der Waals surface area contributed by atoms with E-state index in [9.17, 15) is 0 Å². The molecule has 0 fully saturated rings. The van der Waals surface area contributed by atoms with Crippen LogP contribution in [0.1, 0.15) is 0 Å². The number of hydrogen-bond donors (Lipinski definition) is 0. The standard InChI is InChI=1S/C53H33N3O/c1-2-13-34(14-3-1)43-32-37-17-6-7-22-44(37)48(33-43)39-19-11-21-41(31-39)52-54-51(55-53(56-52)42-28-27-35-15-4-5-16-36(35)29-42)40-20-10-18-38(30-40)45-24-12-25-47-46-23-8-9-26-49(46)57-50(45)47/h1-33H. The minimum absolute atomic E-state index is 0.601. The van der Waals surface area contributed by atoms with Crippen molar-refractivity contribution in [3.63, 3.8) is 0 Å². The lowest BCUT2D eigenvalue weighted by molar-refractivity contribution is 0.670. The van der Waals surface area contributed by atoms with Crippen molar-refractivity contribution >= 4 is 43.5 Å². The fourth-order valence-corrected chi connectivity index (χ4v) is 8.06. The fourth-order valence-electron chi connectivity index (χ4n) is 8.06. The van der Waals surface area contributed by atoms with Crippen molar-refractivity contribution < 1.29 is 4.42 Å². The normalized spacial score (nSPS) is 11.5. The second-order valence-corrected chi connectivity index (χ2v) is 14.4. The van der Waals surface area contributed by atoms with Crippen LogP contribution in [-0.2, 0) is 0 Å². The molecule has 0 spiro atoms. The highest BCUT2D eigenvalue weighted by Crippen LogP contribution is 2.39. The average molecular weight is 728 g/mol. The largest absolute Gasteiger partial charge is 0.455 e. The number of aromatic nitrogens is 3. The number of benzene rings is 9. The van der Waals surface area contributed by atoms with Gasteiger partial charge in [0, 0.05) is 33.0 Å². The minimum Gasteiger partial charge on any atom is -0.455 e. The molecule has 57 heavy (non-hydrogen) atoms. The first-order chi connectivity index (χ1) is 28.2. The maximum absolute atomic E-state index is 6.44. The Labute approximate surface area is 329 Å². The Bertz CT molecular complexity index is 3310. The predicted molar refractivity (Wildman–Crippen MR) is 235 cm³/mol. The number of rotatable bonds is 6. The molecular formula is C53H33N3O. The summed E-state index contributed by atoms with van der Waals surface area (Å²) in [7, 11) is 0. The van der Waals surface area contributed by atoms with Crippen LogP contribution in [0, 0.1) is 0 Å². The fraction of sp³-hybridized carbons (Fsp3) is 0. The number of fused-ring (bicyclic) bond motifs is 5. The monoisotopic (exact) mass is 727 g/mol. The molecular weight excluding hydrogens is 695 g/mol. The molecule has 4 heteroatoms. The molecule has 0 N–H and O–H groups in total. The molecule has 266 valence electrons. The zero-order valence-corrected chi connectivity index (χ0v) is 30.8. The van der Waals surface area contributed by atoms with E-state index in [2.05, 4.69) is 188 Å². The Kier molecular flexibility index (Phi) is 7.78. The zero-order valence-electron chi connectivity index (χ0n) is 30.8. The van der Waals surface area contributed by atoms with E-state index < -0.39 is 0 Å². The van der Waals surface area contributed by atoms with Gasteiger partial charge in [-0.05, 0) is 85.8 Å². The molecule has 0 saturated heterocycles. The lowest BCUT2D eigenvalue weighted by Crippen LogP contribution is -2.00. The van der Waals surface area contributed by atoms with E-state index >= 15 is 0 Å². The van der Waals surface area contributed by atoms with Gasteiger partial charge in [0.25, 0.3) is 0 Å². The molecule has 11 aromatic rings. The molecule has 2 heterocycles. The van der Waals surface area contributed by atoms with Crippen LogP contribution in [0.25, 0.3) is 111 Å². The van der Waals surface area contributed by atoms with Gasteiger partial charge in [-0.3, -0.25) is 0 Å². The van der Waals surface area contributed by atoms with Gasteiger partial charge in [-0.2, -0.15) is 0 Å². The average Bonchev–Trinajstić information content (AvgIpc) is 3.68. The molecule has 0 aliphatic carbocycles. The third-order valence-corrected chi connectivity index (χ3v) is 10.9. The van der Waals surface area contributed by atoms with Crippen LogP contribution in [0.5, 0.6) is 0 Å². The molecule has 0 atom stereocenters. The Balaban J connectivity index is 1.08. The van der Waals surface area contributed by atoms with E-state index in [1.165, 1.54) is 27.3 Å². The number of hydrogen-bond acceptors (Lipinski definition) is 4. The molecule has 0 amide bonds. The third kappa shape index (κ3) is 5.92. The van der Waals surface area contributed by atoms with Crippen LogP contribution in [0.3, 0.4) is 0 Å². The van der Waals surface area contributed by atoms with Gasteiger partial charge in [-0.1, -0.05) is 164 Å². The molecule has 0 aliphatic rings. The first kappa shape index (κ1) is 32.7. The summed E-state index contributed by atoms with van der Waals surface area (Å²) in [5.41, 5.74) is 11.1. The van der Waals surface area contributed by atoms with E-state index in [1.807, 2.05) is 12.1 Å². The molecule has 0 bridgehead atoms. The summed E-state index contributed by atoms with van der Waals surface area (Å²) < 4.78 is 6.44. The molecule has 11 rings (SSSR count). The molecule has 0 radical (unpaired) electrons. The summed E-state index contributed by atoms with van der Waals surface area (Å²) in [6, 6.07) is 70.0. The highest BCUT2D eigenvalue weighted by Gasteiger charge is 2.17. The first-order valence-electron chi connectivity index (χ1n) is 19.2. The van der Waals surface area contributed by atoms with Crippen LogP contribution >= 0.6 is 0 Å². The van der Waals surface area contributed by atoms with Gasteiger partial charge in [0.2, 0.25) is 0 Å². The van der Waals surface area contributed by atoms with Crippen LogP contribution in [0.2, 0.25) is 0 Å². The Hall–Kier alpha value is -7.69. The Morgan fingerprint density at radius 3 is 1.56 bits per heavy atom. The van der Waals surface area contributed by atoms with E-state index in [0.29, 0.717) is 17.5 Å². The van der Waals surface area contributed by atoms with Gasteiger partial charge in [0.1, 0.15) is 11.2 Å². The highest BCUT2D eigenvalue weighted by atomic mass is 16.3. The second kappa shape index (κ2) is 13.6. The van der Waals surface area contributed by atoms with Gasteiger partial charge in [-0.15, -0.1) is 0 Å². The van der Waals surface area contributed by atoms with Gasteiger partial charge in [0.15, 0.2) is 17.5 Å². The third-order valence-electron chi connectivity index (χ3n) is 10.9. The van der Waals surface area contributed by atoms with Crippen LogP contribution in [0.15, 0.2) is 205 Å².